The zero-order valence-corrected chi connectivity index (χ0v) is 10.2. The number of hydrogen-bond donors (Lipinski definition) is 1. The second-order valence-electron chi connectivity index (χ2n) is 4.11. The van der Waals surface area contributed by atoms with Crippen LogP contribution in [-0.2, 0) is 0 Å². The molecule has 5 nitrogen and oxygen atoms in total. The average molecular weight is 237 g/mol. The molecule has 1 aromatic heterocycles. The highest BCUT2D eigenvalue weighted by molar-refractivity contribution is 5.10. The van der Waals surface area contributed by atoms with Gasteiger partial charge in [-0.1, -0.05) is 0 Å². The lowest BCUT2D eigenvalue weighted by atomic mass is 10.1. The maximum atomic E-state index is 5.52. The van der Waals surface area contributed by atoms with Crippen LogP contribution in [0.2, 0.25) is 0 Å². The first kappa shape index (κ1) is 12.1. The molecule has 1 fully saturated rings. The third kappa shape index (κ3) is 3.85. The van der Waals surface area contributed by atoms with E-state index in [4.69, 9.17) is 9.47 Å². The molecule has 0 aliphatic carbocycles. The summed E-state index contributed by atoms with van der Waals surface area (Å²) in [7, 11) is 0. The molecule has 0 amide bonds. The molecule has 1 aliphatic rings. The monoisotopic (exact) mass is 237 g/mol. The van der Waals surface area contributed by atoms with Crippen LogP contribution in [0.15, 0.2) is 12.3 Å². The summed E-state index contributed by atoms with van der Waals surface area (Å²) in [6.45, 7) is 5.42. The lowest BCUT2D eigenvalue weighted by Gasteiger charge is -2.09. The van der Waals surface area contributed by atoms with E-state index in [9.17, 15) is 0 Å². The van der Waals surface area contributed by atoms with Gasteiger partial charge in [0.15, 0.2) is 0 Å². The van der Waals surface area contributed by atoms with Crippen molar-refractivity contribution in [3.05, 3.63) is 12.3 Å². The molecule has 1 N–H and O–H groups in total. The Balaban J connectivity index is 1.75. The van der Waals surface area contributed by atoms with Gasteiger partial charge >= 0.3 is 6.01 Å². The van der Waals surface area contributed by atoms with E-state index in [0.29, 0.717) is 25.1 Å². The Hall–Kier alpha value is -1.36. The highest BCUT2D eigenvalue weighted by atomic mass is 16.5. The maximum absolute atomic E-state index is 5.52. The van der Waals surface area contributed by atoms with E-state index in [1.165, 1.54) is 6.42 Å². The molecule has 1 unspecified atom stereocenters. The minimum Gasteiger partial charge on any atom is -0.478 e. The number of hydrogen-bond acceptors (Lipinski definition) is 5. The summed E-state index contributed by atoms with van der Waals surface area (Å²) in [5.41, 5.74) is 0. The fourth-order valence-corrected chi connectivity index (χ4v) is 1.90. The van der Waals surface area contributed by atoms with Crippen LogP contribution in [0.1, 0.15) is 19.8 Å². The Morgan fingerprint density at radius 1 is 1.47 bits per heavy atom. The lowest BCUT2D eigenvalue weighted by molar-refractivity contribution is 0.254. The Bertz CT molecular complexity index is 340. The van der Waals surface area contributed by atoms with Crippen molar-refractivity contribution in [3.63, 3.8) is 0 Å². The number of nitrogens with one attached hydrogen (secondary N) is 1. The van der Waals surface area contributed by atoms with Crippen LogP contribution in [0, 0.1) is 5.92 Å². The minimum absolute atomic E-state index is 0.405. The predicted octanol–water partition coefficient (Wildman–Crippen LogP) is 1.25. The van der Waals surface area contributed by atoms with Gasteiger partial charge in [0.2, 0.25) is 5.88 Å². The predicted molar refractivity (Wildman–Crippen MR) is 64.3 cm³/mol. The fraction of sp³-hybridized carbons (Fsp3) is 0.667. The molecule has 5 heteroatoms. The normalized spacial score (nSPS) is 19.2. The summed E-state index contributed by atoms with van der Waals surface area (Å²) in [4.78, 5) is 8.21. The molecule has 1 atom stereocenters. The first-order valence-corrected chi connectivity index (χ1v) is 6.18. The van der Waals surface area contributed by atoms with Crippen molar-refractivity contribution in [3.8, 4) is 11.9 Å². The molecule has 0 spiro atoms. The van der Waals surface area contributed by atoms with Gasteiger partial charge in [0.05, 0.1) is 13.2 Å². The van der Waals surface area contributed by atoms with E-state index in [1.54, 1.807) is 12.3 Å². The van der Waals surface area contributed by atoms with Gasteiger partial charge in [-0.05, 0) is 38.8 Å². The zero-order valence-electron chi connectivity index (χ0n) is 10.2. The summed E-state index contributed by atoms with van der Waals surface area (Å²) in [5, 5.41) is 3.34. The molecule has 0 bridgehead atoms. The van der Waals surface area contributed by atoms with Crippen LogP contribution < -0.4 is 14.8 Å². The standard InChI is InChI=1S/C12H19N3O2/c1-2-16-11-4-7-14-12(15-11)17-8-5-10-3-6-13-9-10/h4,7,10,13H,2-3,5-6,8-9H2,1H3. The number of nitrogens with zero attached hydrogens (tertiary/aromatic N) is 2. The topological polar surface area (TPSA) is 56.3 Å². The Morgan fingerprint density at radius 3 is 3.18 bits per heavy atom. The largest absolute Gasteiger partial charge is 0.478 e. The van der Waals surface area contributed by atoms with Crippen LogP contribution >= 0.6 is 0 Å². The van der Waals surface area contributed by atoms with E-state index in [1.807, 2.05) is 6.92 Å². The van der Waals surface area contributed by atoms with Gasteiger partial charge in [-0.15, -0.1) is 0 Å². The van der Waals surface area contributed by atoms with Crippen LogP contribution in [0.25, 0.3) is 0 Å². The molecule has 2 rings (SSSR count). The first-order chi connectivity index (χ1) is 8.38. The van der Waals surface area contributed by atoms with E-state index in [2.05, 4.69) is 15.3 Å². The molecule has 2 heterocycles. The molecule has 1 aliphatic heterocycles. The molecule has 1 saturated heterocycles. The van der Waals surface area contributed by atoms with Crippen molar-refractivity contribution in [1.29, 1.82) is 0 Å². The van der Waals surface area contributed by atoms with Crippen molar-refractivity contribution >= 4 is 0 Å². The Kier molecular flexibility index (Phi) is 4.55. The molecular weight excluding hydrogens is 218 g/mol. The maximum Gasteiger partial charge on any atom is 0.319 e. The van der Waals surface area contributed by atoms with Crippen LogP contribution in [0.3, 0.4) is 0 Å². The Morgan fingerprint density at radius 2 is 2.41 bits per heavy atom. The summed E-state index contributed by atoms with van der Waals surface area (Å²) >= 11 is 0. The van der Waals surface area contributed by atoms with Crippen molar-refractivity contribution in [2.45, 2.75) is 19.8 Å². The molecule has 1 aromatic rings. The average Bonchev–Trinajstić information content (AvgIpc) is 2.83. The van der Waals surface area contributed by atoms with E-state index < -0.39 is 0 Å². The van der Waals surface area contributed by atoms with Gasteiger partial charge in [-0.2, -0.15) is 4.98 Å². The van der Waals surface area contributed by atoms with Crippen LogP contribution in [0.5, 0.6) is 11.9 Å². The summed E-state index contributed by atoms with van der Waals surface area (Å²) < 4.78 is 10.8. The van der Waals surface area contributed by atoms with Gasteiger partial charge in [0, 0.05) is 12.3 Å². The van der Waals surface area contributed by atoms with Crippen molar-refractivity contribution in [1.82, 2.24) is 15.3 Å². The third-order valence-electron chi connectivity index (χ3n) is 2.82. The third-order valence-corrected chi connectivity index (χ3v) is 2.82. The first-order valence-electron chi connectivity index (χ1n) is 6.18. The summed E-state index contributed by atoms with van der Waals surface area (Å²) in [6, 6.07) is 2.14. The van der Waals surface area contributed by atoms with E-state index >= 15 is 0 Å². The summed E-state index contributed by atoms with van der Waals surface area (Å²) in [5.74, 6) is 1.30. The van der Waals surface area contributed by atoms with Crippen molar-refractivity contribution in [2.24, 2.45) is 5.92 Å². The van der Waals surface area contributed by atoms with Crippen molar-refractivity contribution in [2.75, 3.05) is 26.3 Å². The number of rotatable bonds is 6. The SMILES string of the molecule is CCOc1ccnc(OCCC2CCNC2)n1. The lowest BCUT2D eigenvalue weighted by Crippen LogP contribution is -2.12. The highest BCUT2D eigenvalue weighted by Crippen LogP contribution is 2.14. The Labute approximate surface area is 102 Å². The van der Waals surface area contributed by atoms with Gasteiger partial charge in [0.1, 0.15) is 0 Å². The van der Waals surface area contributed by atoms with Crippen molar-refractivity contribution < 1.29 is 9.47 Å². The molecule has 0 radical (unpaired) electrons. The van der Waals surface area contributed by atoms with E-state index in [0.717, 1.165) is 25.4 Å². The summed E-state index contributed by atoms with van der Waals surface area (Å²) in [6.07, 6.45) is 3.95. The van der Waals surface area contributed by atoms with Crippen LogP contribution in [-0.4, -0.2) is 36.3 Å². The second-order valence-corrected chi connectivity index (χ2v) is 4.11. The van der Waals surface area contributed by atoms with Crippen LogP contribution in [0.4, 0.5) is 0 Å². The highest BCUT2D eigenvalue weighted by Gasteiger charge is 2.14. The molecule has 0 aromatic carbocycles. The number of aromatic nitrogens is 2. The number of ether oxygens (including phenoxy) is 2. The fourth-order valence-electron chi connectivity index (χ4n) is 1.90. The minimum atomic E-state index is 0.405. The van der Waals surface area contributed by atoms with Gasteiger partial charge in [-0.3, -0.25) is 0 Å². The molecule has 94 valence electrons. The molecule has 0 saturated carbocycles. The quantitative estimate of drug-likeness (QED) is 0.807. The van der Waals surface area contributed by atoms with Gasteiger partial charge in [0.25, 0.3) is 0 Å². The van der Waals surface area contributed by atoms with Gasteiger partial charge < -0.3 is 14.8 Å². The molecular formula is C12H19N3O2. The smallest absolute Gasteiger partial charge is 0.319 e. The zero-order chi connectivity index (χ0) is 11.9. The second kappa shape index (κ2) is 6.39. The molecule has 17 heavy (non-hydrogen) atoms. The van der Waals surface area contributed by atoms with E-state index in [-0.39, 0.29) is 0 Å². The van der Waals surface area contributed by atoms with Gasteiger partial charge in [-0.25, -0.2) is 4.98 Å².